The number of H-pyrrole nitrogens is 1. The lowest BCUT2D eigenvalue weighted by molar-refractivity contribution is 0.0519. The van der Waals surface area contributed by atoms with Crippen molar-refractivity contribution in [1.82, 2.24) is 10.3 Å². The van der Waals surface area contributed by atoms with Gasteiger partial charge in [0, 0.05) is 16.4 Å². The van der Waals surface area contributed by atoms with E-state index in [-0.39, 0.29) is 30.5 Å². The van der Waals surface area contributed by atoms with Crippen molar-refractivity contribution >= 4 is 35.4 Å². The first-order chi connectivity index (χ1) is 12.3. The highest BCUT2D eigenvalue weighted by Crippen LogP contribution is 2.28. The summed E-state index contributed by atoms with van der Waals surface area (Å²) in [6, 6.07) is 5.92. The number of esters is 1. The molecule has 1 fully saturated rings. The first-order valence-corrected chi connectivity index (χ1v) is 8.79. The molecule has 148 valence electrons. The second-order valence-electron chi connectivity index (χ2n) is 7.39. The van der Waals surface area contributed by atoms with Crippen LogP contribution in [0.5, 0.6) is 0 Å². The van der Waals surface area contributed by atoms with Crippen molar-refractivity contribution in [2.24, 2.45) is 5.73 Å². The molecule has 1 aromatic carbocycles. The molecule has 0 saturated carbocycles. The largest absolute Gasteiger partial charge is 0.461 e. The molecule has 0 unspecified atom stereocenters. The molecule has 0 bridgehead atoms. The number of carbonyl (C=O) groups is 2. The van der Waals surface area contributed by atoms with Gasteiger partial charge in [0.2, 0.25) is 0 Å². The lowest BCUT2D eigenvalue weighted by atomic mass is 9.93. The highest BCUT2D eigenvalue weighted by atomic mass is 35.5. The van der Waals surface area contributed by atoms with E-state index in [1.807, 2.05) is 32.0 Å². The molecule has 1 aliphatic rings. The van der Waals surface area contributed by atoms with Crippen molar-refractivity contribution in [2.45, 2.75) is 45.2 Å². The number of halogens is 1. The number of hydrogen-bond donors (Lipinski definition) is 3. The van der Waals surface area contributed by atoms with Crippen molar-refractivity contribution in [3.05, 3.63) is 35.0 Å². The molecule has 7 nitrogen and oxygen atoms in total. The summed E-state index contributed by atoms with van der Waals surface area (Å²) in [4.78, 5) is 26.7. The van der Waals surface area contributed by atoms with Crippen molar-refractivity contribution in [3.63, 3.8) is 0 Å². The standard InChI is InChI=1S/C19H25N3O4.ClH/c1-4-25-17(23)16-14(9-19(2,3)20)13-8-11(5-6-15(13)22-16)7-12-10-26-18(24)21-12;/h5-6,8,12,22H,4,7,9-10,20H2,1-3H3,(H,21,24);1H/t12-;/m0./s1. The maximum atomic E-state index is 12.4. The summed E-state index contributed by atoms with van der Waals surface area (Å²) in [6.45, 7) is 6.31. The molecule has 27 heavy (non-hydrogen) atoms. The summed E-state index contributed by atoms with van der Waals surface area (Å²) < 4.78 is 10.1. The SMILES string of the molecule is CCOC(=O)c1[nH]c2ccc(C[C@H]3COC(=O)N3)cc2c1CC(C)(C)N.Cl. The number of alkyl carbamates (subject to hydrolysis) is 1. The number of ether oxygens (including phenoxy) is 2. The molecule has 1 saturated heterocycles. The van der Waals surface area contributed by atoms with Crippen LogP contribution in [0.15, 0.2) is 18.2 Å². The van der Waals surface area contributed by atoms with Crippen LogP contribution in [0.1, 0.15) is 42.4 Å². The third-order valence-corrected chi connectivity index (χ3v) is 4.30. The third-order valence-electron chi connectivity index (χ3n) is 4.30. The number of benzene rings is 1. The van der Waals surface area contributed by atoms with Crippen LogP contribution < -0.4 is 11.1 Å². The Labute approximate surface area is 164 Å². The fraction of sp³-hybridized carbons (Fsp3) is 0.474. The van der Waals surface area contributed by atoms with Crippen molar-refractivity contribution in [2.75, 3.05) is 13.2 Å². The minimum absolute atomic E-state index is 0. The number of cyclic esters (lactones) is 1. The Morgan fingerprint density at radius 1 is 1.41 bits per heavy atom. The first kappa shape index (κ1) is 21.1. The monoisotopic (exact) mass is 395 g/mol. The topological polar surface area (TPSA) is 106 Å². The van der Waals surface area contributed by atoms with Gasteiger partial charge in [0.15, 0.2) is 0 Å². The van der Waals surface area contributed by atoms with E-state index in [4.69, 9.17) is 15.2 Å². The van der Waals surface area contributed by atoms with Gasteiger partial charge in [-0.1, -0.05) is 6.07 Å². The zero-order valence-corrected chi connectivity index (χ0v) is 16.6. The average molecular weight is 396 g/mol. The Bertz CT molecular complexity index is 841. The van der Waals surface area contributed by atoms with E-state index in [0.717, 1.165) is 22.0 Å². The van der Waals surface area contributed by atoms with Gasteiger partial charge < -0.3 is 25.5 Å². The van der Waals surface area contributed by atoms with Crippen LogP contribution in [0, 0.1) is 0 Å². The molecule has 0 radical (unpaired) electrons. The van der Waals surface area contributed by atoms with Gasteiger partial charge >= 0.3 is 12.1 Å². The second-order valence-corrected chi connectivity index (χ2v) is 7.39. The highest BCUT2D eigenvalue weighted by Gasteiger charge is 2.25. The lowest BCUT2D eigenvalue weighted by Crippen LogP contribution is -2.35. The zero-order valence-electron chi connectivity index (χ0n) is 15.8. The third kappa shape index (κ3) is 4.93. The van der Waals surface area contributed by atoms with E-state index in [9.17, 15) is 9.59 Å². The van der Waals surface area contributed by atoms with E-state index in [1.165, 1.54) is 0 Å². The van der Waals surface area contributed by atoms with Crippen molar-refractivity contribution < 1.29 is 19.1 Å². The molecular formula is C19H26ClN3O4. The molecule has 0 spiro atoms. The van der Waals surface area contributed by atoms with Gasteiger partial charge in [0.25, 0.3) is 0 Å². The smallest absolute Gasteiger partial charge is 0.407 e. The fourth-order valence-corrected chi connectivity index (χ4v) is 3.26. The van der Waals surface area contributed by atoms with Crippen LogP contribution in [0.4, 0.5) is 4.79 Å². The molecule has 2 aromatic rings. The Morgan fingerprint density at radius 2 is 2.15 bits per heavy atom. The summed E-state index contributed by atoms with van der Waals surface area (Å²) in [6.07, 6.45) is 0.814. The van der Waals surface area contributed by atoms with Gasteiger partial charge in [-0.25, -0.2) is 9.59 Å². The van der Waals surface area contributed by atoms with E-state index < -0.39 is 5.54 Å². The van der Waals surface area contributed by atoms with Crippen LogP contribution >= 0.6 is 12.4 Å². The van der Waals surface area contributed by atoms with Gasteiger partial charge in [-0.3, -0.25) is 0 Å². The molecule has 2 heterocycles. The summed E-state index contributed by atoms with van der Waals surface area (Å²) in [5.41, 5.74) is 8.98. The minimum Gasteiger partial charge on any atom is -0.461 e. The summed E-state index contributed by atoms with van der Waals surface area (Å²) in [5.74, 6) is -0.374. The average Bonchev–Trinajstić information content (AvgIpc) is 3.10. The number of fused-ring (bicyclic) bond motifs is 1. The van der Waals surface area contributed by atoms with Crippen LogP contribution in [-0.2, 0) is 22.3 Å². The Hall–Kier alpha value is -2.25. The van der Waals surface area contributed by atoms with Gasteiger partial charge in [-0.2, -0.15) is 0 Å². The number of aromatic nitrogens is 1. The number of carbonyl (C=O) groups excluding carboxylic acids is 2. The number of rotatable bonds is 6. The number of nitrogens with two attached hydrogens (primary N) is 1. The predicted molar refractivity (Wildman–Crippen MR) is 105 cm³/mol. The van der Waals surface area contributed by atoms with Crippen molar-refractivity contribution in [3.8, 4) is 0 Å². The van der Waals surface area contributed by atoms with Crippen LogP contribution in [0.2, 0.25) is 0 Å². The molecule has 1 aromatic heterocycles. The minimum atomic E-state index is -0.473. The Morgan fingerprint density at radius 3 is 2.74 bits per heavy atom. The molecule has 1 aliphatic heterocycles. The zero-order chi connectivity index (χ0) is 18.9. The molecule has 1 atom stereocenters. The maximum absolute atomic E-state index is 12.4. The van der Waals surface area contributed by atoms with Gasteiger partial charge in [0.1, 0.15) is 12.3 Å². The normalized spacial score (nSPS) is 16.6. The second kappa shape index (κ2) is 8.19. The maximum Gasteiger partial charge on any atom is 0.407 e. The van der Waals surface area contributed by atoms with E-state index in [2.05, 4.69) is 10.3 Å². The quantitative estimate of drug-likeness (QED) is 0.652. The van der Waals surface area contributed by atoms with Gasteiger partial charge in [-0.15, -0.1) is 12.4 Å². The Kier molecular flexibility index (Phi) is 6.38. The first-order valence-electron chi connectivity index (χ1n) is 8.79. The highest BCUT2D eigenvalue weighted by molar-refractivity contribution is 5.98. The van der Waals surface area contributed by atoms with E-state index in [1.54, 1.807) is 6.92 Å². The van der Waals surface area contributed by atoms with Crippen LogP contribution in [0.25, 0.3) is 10.9 Å². The summed E-state index contributed by atoms with van der Waals surface area (Å²) >= 11 is 0. The molecule has 8 heteroatoms. The predicted octanol–water partition coefficient (Wildman–Crippen LogP) is 2.70. The number of nitrogens with one attached hydrogen (secondary N) is 2. The number of amides is 1. The van der Waals surface area contributed by atoms with Crippen molar-refractivity contribution in [1.29, 1.82) is 0 Å². The number of aromatic amines is 1. The van der Waals surface area contributed by atoms with Gasteiger partial charge in [-0.05, 0) is 56.9 Å². The lowest BCUT2D eigenvalue weighted by Gasteiger charge is -2.19. The molecule has 3 rings (SSSR count). The Balaban J connectivity index is 0.00000261. The number of hydrogen-bond acceptors (Lipinski definition) is 5. The van der Waals surface area contributed by atoms with Crippen LogP contribution in [-0.4, -0.2) is 41.8 Å². The molecular weight excluding hydrogens is 370 g/mol. The summed E-state index contributed by atoms with van der Waals surface area (Å²) in [7, 11) is 0. The fourth-order valence-electron chi connectivity index (χ4n) is 3.26. The van der Waals surface area contributed by atoms with E-state index in [0.29, 0.717) is 31.7 Å². The van der Waals surface area contributed by atoms with Gasteiger partial charge in [0.05, 0.1) is 12.6 Å². The van der Waals surface area contributed by atoms with E-state index >= 15 is 0 Å². The molecule has 4 N–H and O–H groups in total. The molecule has 0 aliphatic carbocycles. The molecule has 1 amide bonds. The summed E-state index contributed by atoms with van der Waals surface area (Å²) in [5, 5.41) is 3.73. The van der Waals surface area contributed by atoms with Crippen LogP contribution in [0.3, 0.4) is 0 Å².